The average Bonchev–Trinajstić information content (AvgIpc) is 2.30. The first-order chi connectivity index (χ1) is 7.34. The van der Waals surface area contributed by atoms with Gasteiger partial charge >= 0.3 is 0 Å². The van der Waals surface area contributed by atoms with Crippen LogP contribution in [0.15, 0.2) is 36.5 Å². The van der Waals surface area contributed by atoms with E-state index in [9.17, 15) is 4.79 Å². The highest BCUT2D eigenvalue weighted by atomic mass is 16.2. The Balaban J connectivity index is 2.33. The fraction of sp³-hybridized carbons (Fsp3) is 0.462. The number of amides is 1. The summed E-state index contributed by atoms with van der Waals surface area (Å²) in [5, 5.41) is 0. The van der Waals surface area contributed by atoms with Gasteiger partial charge in [-0.15, -0.1) is 0 Å². The standard InChI is InChI=1S/C13H19NO/c1-2-3-4-5-7-10-13(15)14-11-8-6-9-12-14/h2-5,7,10H,6,8-9,11-12H2,1H3. The van der Waals surface area contributed by atoms with Crippen LogP contribution in [-0.4, -0.2) is 23.9 Å². The molecule has 0 unspecified atom stereocenters. The molecular weight excluding hydrogens is 186 g/mol. The zero-order chi connectivity index (χ0) is 10.9. The van der Waals surface area contributed by atoms with Crippen molar-refractivity contribution in [1.82, 2.24) is 4.90 Å². The third kappa shape index (κ3) is 4.63. The lowest BCUT2D eigenvalue weighted by Gasteiger charge is -2.25. The van der Waals surface area contributed by atoms with Gasteiger partial charge in [-0.3, -0.25) is 4.79 Å². The van der Waals surface area contributed by atoms with Crippen LogP contribution in [0.2, 0.25) is 0 Å². The lowest BCUT2D eigenvalue weighted by molar-refractivity contribution is -0.126. The monoisotopic (exact) mass is 205 g/mol. The second-order valence-corrected chi connectivity index (χ2v) is 3.66. The maximum Gasteiger partial charge on any atom is 0.246 e. The molecule has 1 heterocycles. The van der Waals surface area contributed by atoms with E-state index in [4.69, 9.17) is 0 Å². The number of rotatable bonds is 3. The number of hydrogen-bond donors (Lipinski definition) is 0. The van der Waals surface area contributed by atoms with Gasteiger partial charge in [0, 0.05) is 19.2 Å². The van der Waals surface area contributed by atoms with Crippen molar-refractivity contribution in [1.29, 1.82) is 0 Å². The number of likely N-dealkylation sites (tertiary alicyclic amines) is 1. The summed E-state index contributed by atoms with van der Waals surface area (Å²) in [6.07, 6.45) is 14.7. The van der Waals surface area contributed by atoms with Gasteiger partial charge in [0.1, 0.15) is 0 Å². The van der Waals surface area contributed by atoms with E-state index in [1.165, 1.54) is 6.42 Å². The zero-order valence-corrected chi connectivity index (χ0v) is 9.36. The fourth-order valence-electron chi connectivity index (χ4n) is 1.60. The number of carbonyl (C=O) groups excluding carboxylic acids is 1. The van der Waals surface area contributed by atoms with Crippen molar-refractivity contribution in [2.75, 3.05) is 13.1 Å². The largest absolute Gasteiger partial charge is 0.339 e. The highest BCUT2D eigenvalue weighted by molar-refractivity contribution is 5.87. The summed E-state index contributed by atoms with van der Waals surface area (Å²) in [5.74, 6) is 0.139. The highest BCUT2D eigenvalue weighted by Crippen LogP contribution is 2.08. The maximum absolute atomic E-state index is 11.6. The molecule has 0 spiro atoms. The number of piperidine rings is 1. The lowest BCUT2D eigenvalue weighted by Crippen LogP contribution is -2.34. The SMILES string of the molecule is CC=CC=CC=CC(=O)N1CCCCC1. The van der Waals surface area contributed by atoms with Gasteiger partial charge in [0.2, 0.25) is 5.91 Å². The molecule has 0 aliphatic carbocycles. The Bertz CT molecular complexity index is 270. The van der Waals surface area contributed by atoms with Crippen molar-refractivity contribution >= 4 is 5.91 Å². The number of allylic oxidation sites excluding steroid dienone is 5. The molecule has 2 heteroatoms. The first-order valence-electron chi connectivity index (χ1n) is 5.59. The summed E-state index contributed by atoms with van der Waals surface area (Å²) < 4.78 is 0. The lowest BCUT2D eigenvalue weighted by atomic mass is 10.1. The Labute approximate surface area is 92.0 Å². The normalized spacial score (nSPS) is 18.3. The van der Waals surface area contributed by atoms with Gasteiger partial charge in [-0.2, -0.15) is 0 Å². The molecule has 1 amide bonds. The van der Waals surface area contributed by atoms with Gasteiger partial charge in [0.25, 0.3) is 0 Å². The van der Waals surface area contributed by atoms with Gasteiger partial charge in [-0.25, -0.2) is 0 Å². The molecule has 0 aromatic carbocycles. The van der Waals surface area contributed by atoms with Crippen molar-refractivity contribution in [2.24, 2.45) is 0 Å². The molecule has 1 fully saturated rings. The van der Waals surface area contributed by atoms with Crippen LogP contribution in [-0.2, 0) is 4.79 Å². The predicted molar refractivity (Wildman–Crippen MR) is 63.5 cm³/mol. The zero-order valence-electron chi connectivity index (χ0n) is 9.36. The van der Waals surface area contributed by atoms with E-state index in [-0.39, 0.29) is 5.91 Å². The molecule has 0 N–H and O–H groups in total. The summed E-state index contributed by atoms with van der Waals surface area (Å²) in [6.45, 7) is 3.80. The van der Waals surface area contributed by atoms with Gasteiger partial charge < -0.3 is 4.90 Å². The number of carbonyl (C=O) groups is 1. The molecule has 0 bridgehead atoms. The quantitative estimate of drug-likeness (QED) is 0.512. The summed E-state index contributed by atoms with van der Waals surface area (Å²) in [4.78, 5) is 13.5. The van der Waals surface area contributed by atoms with Crippen LogP contribution in [0.25, 0.3) is 0 Å². The maximum atomic E-state index is 11.6. The molecule has 1 saturated heterocycles. The molecule has 2 nitrogen and oxygen atoms in total. The molecule has 1 aliphatic rings. The average molecular weight is 205 g/mol. The van der Waals surface area contributed by atoms with E-state index < -0.39 is 0 Å². The first kappa shape index (κ1) is 11.8. The second-order valence-electron chi connectivity index (χ2n) is 3.66. The Morgan fingerprint density at radius 2 is 1.67 bits per heavy atom. The van der Waals surface area contributed by atoms with Crippen LogP contribution in [0, 0.1) is 0 Å². The molecule has 0 atom stereocenters. The van der Waals surface area contributed by atoms with Gasteiger partial charge in [-0.1, -0.05) is 30.4 Å². The number of nitrogens with zero attached hydrogens (tertiary/aromatic N) is 1. The van der Waals surface area contributed by atoms with Crippen LogP contribution in [0.5, 0.6) is 0 Å². The topological polar surface area (TPSA) is 20.3 Å². The molecule has 1 rings (SSSR count). The minimum Gasteiger partial charge on any atom is -0.339 e. The van der Waals surface area contributed by atoms with Gasteiger partial charge in [-0.05, 0) is 26.2 Å². The Kier molecular flexibility index (Phi) is 5.52. The first-order valence-corrected chi connectivity index (χ1v) is 5.59. The second kappa shape index (κ2) is 7.04. The predicted octanol–water partition coefficient (Wildman–Crippen LogP) is 2.69. The van der Waals surface area contributed by atoms with Crippen LogP contribution in [0.4, 0.5) is 0 Å². The Morgan fingerprint density at radius 1 is 1.00 bits per heavy atom. The molecule has 0 aromatic rings. The smallest absolute Gasteiger partial charge is 0.246 e. The van der Waals surface area contributed by atoms with Crippen molar-refractivity contribution in [3.05, 3.63) is 36.5 Å². The van der Waals surface area contributed by atoms with Crippen molar-refractivity contribution in [2.45, 2.75) is 26.2 Å². The molecule has 15 heavy (non-hydrogen) atoms. The van der Waals surface area contributed by atoms with Gasteiger partial charge in [0.15, 0.2) is 0 Å². The Morgan fingerprint density at radius 3 is 2.33 bits per heavy atom. The van der Waals surface area contributed by atoms with Crippen LogP contribution in [0.1, 0.15) is 26.2 Å². The van der Waals surface area contributed by atoms with Crippen molar-refractivity contribution < 1.29 is 4.79 Å². The number of hydrogen-bond acceptors (Lipinski definition) is 1. The van der Waals surface area contributed by atoms with Gasteiger partial charge in [0.05, 0.1) is 0 Å². The minimum atomic E-state index is 0.139. The third-order valence-corrected chi connectivity index (χ3v) is 2.43. The van der Waals surface area contributed by atoms with E-state index in [0.717, 1.165) is 25.9 Å². The summed E-state index contributed by atoms with van der Waals surface area (Å²) in [6, 6.07) is 0. The van der Waals surface area contributed by atoms with Crippen LogP contribution < -0.4 is 0 Å². The minimum absolute atomic E-state index is 0.139. The van der Waals surface area contributed by atoms with E-state index in [2.05, 4.69) is 0 Å². The summed E-state index contributed by atoms with van der Waals surface area (Å²) in [5.41, 5.74) is 0. The van der Waals surface area contributed by atoms with Crippen molar-refractivity contribution in [3.8, 4) is 0 Å². The summed E-state index contributed by atoms with van der Waals surface area (Å²) >= 11 is 0. The van der Waals surface area contributed by atoms with E-state index >= 15 is 0 Å². The van der Waals surface area contributed by atoms with E-state index in [0.29, 0.717) is 0 Å². The fourth-order valence-corrected chi connectivity index (χ4v) is 1.60. The molecular formula is C13H19NO. The Hall–Kier alpha value is -1.31. The van der Waals surface area contributed by atoms with Crippen LogP contribution in [0.3, 0.4) is 0 Å². The van der Waals surface area contributed by atoms with Crippen molar-refractivity contribution in [3.63, 3.8) is 0 Å². The molecule has 0 radical (unpaired) electrons. The molecule has 0 aromatic heterocycles. The van der Waals surface area contributed by atoms with E-state index in [1.807, 2.05) is 36.1 Å². The third-order valence-electron chi connectivity index (χ3n) is 2.43. The summed E-state index contributed by atoms with van der Waals surface area (Å²) in [7, 11) is 0. The molecule has 0 saturated carbocycles. The molecule has 82 valence electrons. The van der Waals surface area contributed by atoms with Crippen LogP contribution >= 0.6 is 0 Å². The van der Waals surface area contributed by atoms with E-state index in [1.54, 1.807) is 12.2 Å². The molecule has 1 aliphatic heterocycles. The highest BCUT2D eigenvalue weighted by Gasteiger charge is 2.12.